The summed E-state index contributed by atoms with van der Waals surface area (Å²) >= 11 is 0. The Hall–Kier alpha value is -3.48. The Morgan fingerprint density at radius 2 is 1.82 bits per heavy atom. The van der Waals surface area contributed by atoms with Crippen LogP contribution in [0.2, 0.25) is 0 Å². The Balaban J connectivity index is 1.36. The van der Waals surface area contributed by atoms with Crippen molar-refractivity contribution in [3.05, 3.63) is 89.0 Å². The zero-order valence-corrected chi connectivity index (χ0v) is 27.8. The fourth-order valence-electron chi connectivity index (χ4n) is 5.86. The lowest BCUT2D eigenvalue weighted by molar-refractivity contribution is 0.254. The molecule has 1 aliphatic carbocycles. The Morgan fingerprint density at radius 1 is 1.00 bits per heavy atom. The molecule has 44 heavy (non-hydrogen) atoms. The number of unbranched alkanes of at least 4 members (excludes halogenated alkanes) is 3. The maximum atomic E-state index is 4.74. The molecule has 236 valence electrons. The molecule has 1 aliphatic rings. The van der Waals surface area contributed by atoms with Crippen LogP contribution in [0.4, 0.5) is 0 Å². The predicted octanol–water partition coefficient (Wildman–Crippen LogP) is 8.15. The molecule has 6 heteroatoms. The SMILES string of the molecule is CCCCCN(CCC)Cc1ncc(-c2ccc3c(c2)C=CC(c2ccc(/C(=C/N=CCN(C)CCCC)NC)cc2)C3)[nH]1. The van der Waals surface area contributed by atoms with Gasteiger partial charge in [-0.2, -0.15) is 0 Å². The highest BCUT2D eigenvalue weighted by molar-refractivity contribution is 5.69. The maximum absolute atomic E-state index is 4.74. The fourth-order valence-corrected chi connectivity index (χ4v) is 5.86. The number of nitrogens with zero attached hydrogens (tertiary/aromatic N) is 4. The number of hydrogen-bond donors (Lipinski definition) is 2. The van der Waals surface area contributed by atoms with Crippen molar-refractivity contribution in [2.24, 2.45) is 4.99 Å². The molecular formula is C38H54N6. The number of aromatic nitrogens is 2. The predicted molar refractivity (Wildman–Crippen MR) is 189 cm³/mol. The molecule has 0 aliphatic heterocycles. The van der Waals surface area contributed by atoms with Crippen LogP contribution in [-0.2, 0) is 13.0 Å². The molecule has 2 aromatic carbocycles. The molecule has 0 radical (unpaired) electrons. The molecule has 0 bridgehead atoms. The third-order valence-electron chi connectivity index (χ3n) is 8.54. The number of imidazole rings is 1. The molecule has 6 nitrogen and oxygen atoms in total. The number of allylic oxidation sites excluding steroid dienone is 1. The van der Waals surface area contributed by atoms with Crippen LogP contribution in [0.15, 0.2) is 65.9 Å². The third-order valence-corrected chi connectivity index (χ3v) is 8.54. The van der Waals surface area contributed by atoms with Crippen LogP contribution in [0.25, 0.3) is 23.0 Å². The zero-order valence-electron chi connectivity index (χ0n) is 27.8. The van der Waals surface area contributed by atoms with Crippen molar-refractivity contribution in [2.45, 2.75) is 78.2 Å². The minimum atomic E-state index is 0.372. The van der Waals surface area contributed by atoms with E-state index in [1.54, 1.807) is 0 Å². The van der Waals surface area contributed by atoms with Crippen LogP contribution in [0.1, 0.15) is 93.3 Å². The molecule has 0 fully saturated rings. The van der Waals surface area contributed by atoms with Crippen LogP contribution in [-0.4, -0.2) is 66.3 Å². The zero-order chi connectivity index (χ0) is 31.1. The summed E-state index contributed by atoms with van der Waals surface area (Å²) in [5.74, 6) is 1.43. The summed E-state index contributed by atoms with van der Waals surface area (Å²) in [6.45, 7) is 11.9. The number of rotatable bonds is 18. The van der Waals surface area contributed by atoms with Crippen molar-refractivity contribution in [1.82, 2.24) is 25.1 Å². The summed E-state index contributed by atoms with van der Waals surface area (Å²) in [5, 5.41) is 3.31. The molecule has 0 spiro atoms. The van der Waals surface area contributed by atoms with Gasteiger partial charge in [0.25, 0.3) is 0 Å². The van der Waals surface area contributed by atoms with Gasteiger partial charge in [-0.15, -0.1) is 0 Å². The first-order valence-corrected chi connectivity index (χ1v) is 16.8. The first-order valence-electron chi connectivity index (χ1n) is 16.8. The van der Waals surface area contributed by atoms with Gasteiger partial charge in [-0.25, -0.2) is 4.98 Å². The summed E-state index contributed by atoms with van der Waals surface area (Å²) < 4.78 is 0. The lowest BCUT2D eigenvalue weighted by atomic mass is 9.84. The van der Waals surface area contributed by atoms with Gasteiger partial charge in [0.1, 0.15) is 5.82 Å². The Morgan fingerprint density at radius 3 is 2.57 bits per heavy atom. The van der Waals surface area contributed by atoms with Crippen molar-refractivity contribution in [3.8, 4) is 11.3 Å². The largest absolute Gasteiger partial charge is 0.386 e. The second-order valence-corrected chi connectivity index (χ2v) is 12.2. The lowest BCUT2D eigenvalue weighted by Crippen LogP contribution is -2.25. The van der Waals surface area contributed by atoms with Gasteiger partial charge in [0.15, 0.2) is 0 Å². The van der Waals surface area contributed by atoms with E-state index in [0.717, 1.165) is 61.9 Å². The molecular weight excluding hydrogens is 540 g/mol. The number of H-pyrrole nitrogens is 1. The summed E-state index contributed by atoms with van der Waals surface area (Å²) in [7, 11) is 4.10. The molecule has 3 aromatic rings. The van der Waals surface area contributed by atoms with Gasteiger partial charge in [0.2, 0.25) is 0 Å². The minimum Gasteiger partial charge on any atom is -0.386 e. The van der Waals surface area contributed by atoms with Crippen molar-refractivity contribution in [2.75, 3.05) is 40.3 Å². The first kappa shape index (κ1) is 33.4. The Bertz CT molecular complexity index is 1370. The molecule has 1 heterocycles. The van der Waals surface area contributed by atoms with E-state index in [4.69, 9.17) is 4.98 Å². The highest BCUT2D eigenvalue weighted by Gasteiger charge is 2.17. The standard InChI is InChI=1S/C38H54N6/c1-6-9-11-23-44(21-8-3)29-38-41-28-37(42-38)35-19-18-33-25-32(16-17-34(33)26-35)30-12-14-31(15-13-30)36(39-4)27-40-20-24-43(5)22-10-7-2/h12-20,26-28,32,39H,6-11,21-25,29H2,1-5H3,(H,41,42)/b36-27-,40-20?. The van der Waals surface area contributed by atoms with E-state index in [1.165, 1.54) is 60.8 Å². The number of benzene rings is 2. The normalized spacial score (nSPS) is 15.1. The molecule has 0 saturated carbocycles. The number of fused-ring (bicyclic) bond motifs is 1. The van der Waals surface area contributed by atoms with E-state index in [2.05, 4.69) is 108 Å². The van der Waals surface area contributed by atoms with E-state index in [-0.39, 0.29) is 0 Å². The summed E-state index contributed by atoms with van der Waals surface area (Å²) in [4.78, 5) is 17.7. The maximum Gasteiger partial charge on any atom is 0.120 e. The highest BCUT2D eigenvalue weighted by atomic mass is 15.1. The van der Waals surface area contributed by atoms with Gasteiger partial charge in [-0.1, -0.05) is 88.6 Å². The second-order valence-electron chi connectivity index (χ2n) is 12.2. The fraction of sp³-hybridized carbons (Fsp3) is 0.474. The number of hydrogen-bond acceptors (Lipinski definition) is 5. The number of nitrogens with one attached hydrogen (secondary N) is 2. The molecule has 2 N–H and O–H groups in total. The summed E-state index contributed by atoms with van der Waals surface area (Å²) in [6, 6.07) is 15.8. The summed E-state index contributed by atoms with van der Waals surface area (Å²) in [6.07, 6.45) is 19.0. The third kappa shape index (κ3) is 9.76. The monoisotopic (exact) mass is 594 g/mol. The Kier molecular flexibility index (Phi) is 13.5. The number of aliphatic imine (C=N–C) groups is 1. The van der Waals surface area contributed by atoms with Crippen molar-refractivity contribution in [1.29, 1.82) is 0 Å². The van der Waals surface area contributed by atoms with E-state index >= 15 is 0 Å². The quantitative estimate of drug-likeness (QED) is 0.115. The van der Waals surface area contributed by atoms with Crippen LogP contribution < -0.4 is 5.32 Å². The van der Waals surface area contributed by atoms with E-state index in [0.29, 0.717) is 5.92 Å². The van der Waals surface area contributed by atoms with Crippen LogP contribution in [0, 0.1) is 0 Å². The second kappa shape index (κ2) is 17.7. The Labute approximate surface area is 266 Å². The number of aromatic amines is 1. The topological polar surface area (TPSA) is 59.6 Å². The molecule has 1 unspecified atom stereocenters. The molecule has 1 aromatic heterocycles. The molecule has 0 saturated heterocycles. The average Bonchev–Trinajstić information content (AvgIpc) is 3.52. The van der Waals surface area contributed by atoms with E-state index in [1.807, 2.05) is 25.7 Å². The highest BCUT2D eigenvalue weighted by Crippen LogP contribution is 2.33. The van der Waals surface area contributed by atoms with Gasteiger partial charge >= 0.3 is 0 Å². The van der Waals surface area contributed by atoms with Gasteiger partial charge in [0.05, 0.1) is 30.3 Å². The molecule has 0 amide bonds. The van der Waals surface area contributed by atoms with E-state index < -0.39 is 0 Å². The van der Waals surface area contributed by atoms with Gasteiger partial charge in [-0.05, 0) is 80.7 Å². The van der Waals surface area contributed by atoms with Crippen molar-refractivity contribution >= 4 is 18.0 Å². The molecule has 1 atom stereocenters. The first-order chi connectivity index (χ1) is 21.5. The average molecular weight is 595 g/mol. The van der Waals surface area contributed by atoms with Crippen LogP contribution in [0.3, 0.4) is 0 Å². The van der Waals surface area contributed by atoms with E-state index in [9.17, 15) is 0 Å². The van der Waals surface area contributed by atoms with Crippen LogP contribution >= 0.6 is 0 Å². The lowest BCUT2D eigenvalue weighted by Gasteiger charge is -2.21. The summed E-state index contributed by atoms with van der Waals surface area (Å²) in [5.41, 5.74) is 8.50. The smallest absolute Gasteiger partial charge is 0.120 e. The van der Waals surface area contributed by atoms with Gasteiger partial charge < -0.3 is 15.2 Å². The van der Waals surface area contributed by atoms with Crippen molar-refractivity contribution in [3.63, 3.8) is 0 Å². The molecule has 4 rings (SSSR count). The van der Waals surface area contributed by atoms with Gasteiger partial charge in [-0.3, -0.25) is 9.89 Å². The van der Waals surface area contributed by atoms with Gasteiger partial charge in [0, 0.05) is 31.3 Å². The van der Waals surface area contributed by atoms with Crippen molar-refractivity contribution < 1.29 is 0 Å². The van der Waals surface area contributed by atoms with Crippen LogP contribution in [0.5, 0.6) is 0 Å². The minimum absolute atomic E-state index is 0.372.